The Morgan fingerprint density at radius 2 is 2.47 bits per heavy atom. The Morgan fingerprint density at radius 1 is 1.65 bits per heavy atom. The van der Waals surface area contributed by atoms with E-state index in [2.05, 4.69) is 11.1 Å². The van der Waals surface area contributed by atoms with Crippen molar-refractivity contribution in [1.29, 1.82) is 5.26 Å². The summed E-state index contributed by atoms with van der Waals surface area (Å²) in [6.45, 7) is 3.23. The fourth-order valence-corrected chi connectivity index (χ4v) is 2.08. The number of aromatic nitrogens is 1. The van der Waals surface area contributed by atoms with Gasteiger partial charge >= 0.3 is 0 Å². The number of aliphatic hydroxyl groups excluding tert-OH is 1. The van der Waals surface area contributed by atoms with E-state index < -0.39 is 0 Å². The first-order chi connectivity index (χ1) is 8.24. The molecule has 0 radical (unpaired) electrons. The lowest BCUT2D eigenvalue weighted by molar-refractivity contribution is -0.0421. The second-order valence-electron chi connectivity index (χ2n) is 4.14. The number of anilines is 1. The van der Waals surface area contributed by atoms with Gasteiger partial charge in [0.1, 0.15) is 6.07 Å². The van der Waals surface area contributed by atoms with Crippen molar-refractivity contribution < 1.29 is 9.84 Å². The van der Waals surface area contributed by atoms with Gasteiger partial charge in [-0.15, -0.1) is 0 Å². The Bertz CT molecular complexity index is 430. The molecule has 0 spiro atoms. The van der Waals surface area contributed by atoms with Crippen LogP contribution in [0.3, 0.4) is 0 Å². The van der Waals surface area contributed by atoms with Gasteiger partial charge in [0.15, 0.2) is 5.69 Å². The zero-order valence-corrected chi connectivity index (χ0v) is 9.71. The maximum absolute atomic E-state index is 9.17. The highest BCUT2D eigenvalue weighted by molar-refractivity contribution is 5.56. The van der Waals surface area contributed by atoms with Gasteiger partial charge in [0, 0.05) is 19.3 Å². The fraction of sp³-hybridized carbons (Fsp3) is 0.500. The van der Waals surface area contributed by atoms with Crippen LogP contribution in [0.4, 0.5) is 5.69 Å². The molecule has 0 aromatic carbocycles. The molecule has 1 N–H and O–H groups in total. The van der Waals surface area contributed by atoms with Crippen LogP contribution in [0.5, 0.6) is 0 Å². The quantitative estimate of drug-likeness (QED) is 0.807. The van der Waals surface area contributed by atoms with Crippen molar-refractivity contribution in [2.75, 3.05) is 24.6 Å². The van der Waals surface area contributed by atoms with Crippen molar-refractivity contribution in [1.82, 2.24) is 4.98 Å². The minimum Gasteiger partial charge on any atom is -0.394 e. The highest BCUT2D eigenvalue weighted by Gasteiger charge is 2.26. The average molecular weight is 233 g/mol. The van der Waals surface area contributed by atoms with Crippen LogP contribution < -0.4 is 4.90 Å². The number of pyridine rings is 1. The molecule has 5 nitrogen and oxygen atoms in total. The number of hydrogen-bond acceptors (Lipinski definition) is 5. The Labute approximate surface area is 100 Å². The van der Waals surface area contributed by atoms with Crippen LogP contribution in [0.1, 0.15) is 12.6 Å². The number of nitrogens with zero attached hydrogens (tertiary/aromatic N) is 3. The minimum absolute atomic E-state index is 0.0109. The Balaban J connectivity index is 2.24. The van der Waals surface area contributed by atoms with E-state index in [9.17, 15) is 0 Å². The SMILES string of the molecule is CC1CN(c2cccnc2C#N)CC(CO)O1. The number of rotatable bonds is 2. The maximum Gasteiger partial charge on any atom is 0.163 e. The lowest BCUT2D eigenvalue weighted by atomic mass is 10.2. The molecule has 1 aliphatic heterocycles. The van der Waals surface area contributed by atoms with Crippen molar-refractivity contribution in [3.8, 4) is 6.07 Å². The Kier molecular flexibility index (Phi) is 3.57. The third kappa shape index (κ3) is 2.54. The molecular weight excluding hydrogens is 218 g/mol. The Morgan fingerprint density at radius 3 is 3.18 bits per heavy atom. The molecule has 2 heterocycles. The van der Waals surface area contributed by atoms with Crippen LogP contribution in [-0.2, 0) is 4.74 Å². The number of hydrogen-bond donors (Lipinski definition) is 1. The van der Waals surface area contributed by atoms with Crippen molar-refractivity contribution in [3.05, 3.63) is 24.0 Å². The molecule has 1 aromatic heterocycles. The fourth-order valence-electron chi connectivity index (χ4n) is 2.08. The summed E-state index contributed by atoms with van der Waals surface area (Å²) < 4.78 is 5.57. The van der Waals surface area contributed by atoms with Gasteiger partial charge in [0.25, 0.3) is 0 Å². The lowest BCUT2D eigenvalue weighted by Crippen LogP contribution is -2.48. The van der Waals surface area contributed by atoms with E-state index in [1.165, 1.54) is 0 Å². The highest BCUT2D eigenvalue weighted by atomic mass is 16.5. The van der Waals surface area contributed by atoms with Gasteiger partial charge in [-0.25, -0.2) is 4.98 Å². The minimum atomic E-state index is -0.203. The van der Waals surface area contributed by atoms with E-state index in [1.54, 1.807) is 6.20 Å². The largest absolute Gasteiger partial charge is 0.394 e. The third-order valence-corrected chi connectivity index (χ3v) is 2.76. The summed E-state index contributed by atoms with van der Waals surface area (Å²) in [6.07, 6.45) is 1.44. The van der Waals surface area contributed by atoms with Gasteiger partial charge < -0.3 is 14.7 Å². The first kappa shape index (κ1) is 11.8. The van der Waals surface area contributed by atoms with Crippen LogP contribution in [0.15, 0.2) is 18.3 Å². The second-order valence-corrected chi connectivity index (χ2v) is 4.14. The molecule has 0 bridgehead atoms. The Hall–Kier alpha value is -1.64. The van der Waals surface area contributed by atoms with Crippen LogP contribution in [0.25, 0.3) is 0 Å². The van der Waals surface area contributed by atoms with Gasteiger partial charge in [-0.2, -0.15) is 5.26 Å². The number of aliphatic hydroxyl groups is 1. The summed E-state index contributed by atoms with van der Waals surface area (Å²) in [6, 6.07) is 5.77. The third-order valence-electron chi connectivity index (χ3n) is 2.76. The van der Waals surface area contributed by atoms with E-state index in [1.807, 2.05) is 24.0 Å². The average Bonchev–Trinajstić information content (AvgIpc) is 2.37. The zero-order chi connectivity index (χ0) is 12.3. The number of ether oxygens (including phenoxy) is 1. The summed E-state index contributed by atoms with van der Waals surface area (Å²) in [5.74, 6) is 0. The molecule has 1 aliphatic rings. The van der Waals surface area contributed by atoms with Crippen LogP contribution in [0.2, 0.25) is 0 Å². The van der Waals surface area contributed by atoms with Crippen LogP contribution in [0, 0.1) is 11.3 Å². The molecule has 5 heteroatoms. The topological polar surface area (TPSA) is 69.4 Å². The molecule has 0 saturated carbocycles. The molecule has 1 saturated heterocycles. The highest BCUT2D eigenvalue weighted by Crippen LogP contribution is 2.22. The van der Waals surface area contributed by atoms with E-state index in [0.29, 0.717) is 18.8 Å². The van der Waals surface area contributed by atoms with Crippen molar-refractivity contribution in [3.63, 3.8) is 0 Å². The van der Waals surface area contributed by atoms with Crippen molar-refractivity contribution in [2.45, 2.75) is 19.1 Å². The predicted octanol–water partition coefficient (Wildman–Crippen LogP) is 0.539. The van der Waals surface area contributed by atoms with Crippen molar-refractivity contribution >= 4 is 5.69 Å². The molecule has 2 unspecified atom stereocenters. The van der Waals surface area contributed by atoms with E-state index >= 15 is 0 Å². The second kappa shape index (κ2) is 5.13. The van der Waals surface area contributed by atoms with E-state index in [-0.39, 0.29) is 18.8 Å². The molecule has 2 atom stereocenters. The van der Waals surface area contributed by atoms with Gasteiger partial charge in [-0.3, -0.25) is 0 Å². The summed E-state index contributed by atoms with van der Waals surface area (Å²) in [5.41, 5.74) is 1.22. The summed E-state index contributed by atoms with van der Waals surface area (Å²) in [4.78, 5) is 6.08. The molecule has 0 aliphatic carbocycles. The van der Waals surface area contributed by atoms with Crippen LogP contribution in [-0.4, -0.2) is 42.0 Å². The van der Waals surface area contributed by atoms with Gasteiger partial charge in [0.05, 0.1) is 24.5 Å². The monoisotopic (exact) mass is 233 g/mol. The predicted molar refractivity (Wildman–Crippen MR) is 62.6 cm³/mol. The summed E-state index contributed by atoms with van der Waals surface area (Å²) in [7, 11) is 0. The lowest BCUT2D eigenvalue weighted by Gasteiger charge is -2.37. The summed E-state index contributed by atoms with van der Waals surface area (Å²) >= 11 is 0. The smallest absolute Gasteiger partial charge is 0.163 e. The van der Waals surface area contributed by atoms with Gasteiger partial charge in [-0.1, -0.05) is 0 Å². The molecule has 1 aromatic rings. The van der Waals surface area contributed by atoms with Crippen LogP contribution >= 0.6 is 0 Å². The van der Waals surface area contributed by atoms with E-state index in [4.69, 9.17) is 15.1 Å². The standard InChI is InChI=1S/C12H15N3O2/c1-9-6-15(7-10(8-16)17-9)12-3-2-4-14-11(12)5-13/h2-4,9-10,16H,6-8H2,1H3. The van der Waals surface area contributed by atoms with Crippen molar-refractivity contribution in [2.24, 2.45) is 0 Å². The molecular formula is C12H15N3O2. The number of nitriles is 1. The molecule has 0 amide bonds. The first-order valence-corrected chi connectivity index (χ1v) is 5.61. The molecule has 1 fully saturated rings. The first-order valence-electron chi connectivity index (χ1n) is 5.61. The zero-order valence-electron chi connectivity index (χ0n) is 9.71. The molecule has 2 rings (SSSR count). The molecule has 90 valence electrons. The summed E-state index contributed by atoms with van der Waals surface area (Å²) in [5, 5.41) is 18.2. The maximum atomic E-state index is 9.17. The van der Waals surface area contributed by atoms with Gasteiger partial charge in [-0.05, 0) is 19.1 Å². The van der Waals surface area contributed by atoms with Gasteiger partial charge in [0.2, 0.25) is 0 Å². The number of morpholine rings is 1. The normalized spacial score (nSPS) is 24.4. The van der Waals surface area contributed by atoms with E-state index in [0.717, 1.165) is 5.69 Å². The molecule has 17 heavy (non-hydrogen) atoms.